The molecule has 0 radical (unpaired) electrons. The van der Waals surface area contributed by atoms with Gasteiger partial charge in [-0.3, -0.25) is 4.79 Å². The fraction of sp³-hybridized carbons (Fsp3) is 0.167. The van der Waals surface area contributed by atoms with E-state index in [-0.39, 0.29) is 6.61 Å². The normalized spacial score (nSPS) is 11.3. The quantitative estimate of drug-likeness (QED) is 0.158. The second-order valence-corrected chi connectivity index (χ2v) is 3.86. The summed E-state index contributed by atoms with van der Waals surface area (Å²) in [4.78, 5) is 22.5. The van der Waals surface area contributed by atoms with E-state index in [0.29, 0.717) is 12.3 Å². The molecule has 108 valence electrons. The lowest BCUT2D eigenvalue weighted by atomic mass is 10.0. The summed E-state index contributed by atoms with van der Waals surface area (Å²) in [5, 5.41) is 9.90. The number of ether oxygens (including phenoxy) is 1. The summed E-state index contributed by atoms with van der Waals surface area (Å²) in [5.74, 6) is -8.90. The third kappa shape index (κ3) is 3.11. The molecule has 0 spiro atoms. The molecule has 0 atom stereocenters. The van der Waals surface area contributed by atoms with Crippen molar-refractivity contribution in [1.29, 1.82) is 0 Å². The van der Waals surface area contributed by atoms with Crippen LogP contribution in [0.2, 0.25) is 5.02 Å². The minimum Gasteiger partial charge on any atom is -0.545 e. The van der Waals surface area contributed by atoms with Gasteiger partial charge in [-0.1, -0.05) is 11.6 Å². The van der Waals surface area contributed by atoms with Crippen molar-refractivity contribution in [3.8, 4) is 0 Å². The lowest BCUT2D eigenvalue weighted by Crippen LogP contribution is -2.29. The van der Waals surface area contributed by atoms with Crippen LogP contribution >= 0.6 is 11.6 Å². The van der Waals surface area contributed by atoms with Gasteiger partial charge in [-0.25, -0.2) is 13.2 Å². The number of halogens is 4. The Morgan fingerprint density at radius 3 is 2.40 bits per heavy atom. The van der Waals surface area contributed by atoms with Crippen molar-refractivity contribution in [2.24, 2.45) is 0 Å². The van der Waals surface area contributed by atoms with E-state index in [1.807, 2.05) is 0 Å². The molecule has 4 nitrogen and oxygen atoms in total. The number of carboxylic acid groups (broad SMARTS) is 1. The molecule has 0 unspecified atom stereocenters. The average molecular weight is 308 g/mol. The largest absolute Gasteiger partial charge is 0.545 e. The van der Waals surface area contributed by atoms with E-state index in [1.165, 1.54) is 6.92 Å². The summed E-state index contributed by atoms with van der Waals surface area (Å²) in [6.07, 6.45) is 0.534. The van der Waals surface area contributed by atoms with E-state index in [0.717, 1.165) is 0 Å². The molecule has 0 N–H and O–H groups in total. The maximum atomic E-state index is 13.5. The Labute approximate surface area is 116 Å². The van der Waals surface area contributed by atoms with Crippen LogP contribution in [-0.4, -0.2) is 18.4 Å². The van der Waals surface area contributed by atoms with Gasteiger partial charge in [0.15, 0.2) is 17.5 Å². The van der Waals surface area contributed by atoms with E-state index in [9.17, 15) is 27.9 Å². The number of ketones is 1. The van der Waals surface area contributed by atoms with Crippen molar-refractivity contribution in [2.75, 3.05) is 6.61 Å². The molecule has 20 heavy (non-hydrogen) atoms. The van der Waals surface area contributed by atoms with Crippen molar-refractivity contribution in [3.05, 3.63) is 45.9 Å². The zero-order valence-corrected chi connectivity index (χ0v) is 10.8. The molecule has 0 aliphatic heterocycles. The fourth-order valence-electron chi connectivity index (χ4n) is 1.24. The van der Waals surface area contributed by atoms with Gasteiger partial charge in [0.2, 0.25) is 5.78 Å². The molecule has 1 aromatic carbocycles. The van der Waals surface area contributed by atoms with E-state index in [4.69, 9.17) is 11.6 Å². The van der Waals surface area contributed by atoms with E-state index in [2.05, 4.69) is 4.74 Å². The molecule has 0 saturated heterocycles. The van der Waals surface area contributed by atoms with Crippen LogP contribution in [0.3, 0.4) is 0 Å². The topological polar surface area (TPSA) is 66.4 Å². The molecule has 1 rings (SSSR count). The number of hydrogen-bond donors (Lipinski definition) is 0. The highest BCUT2D eigenvalue weighted by Crippen LogP contribution is 2.25. The first-order valence-electron chi connectivity index (χ1n) is 5.22. The Kier molecular flexibility index (Phi) is 5.15. The van der Waals surface area contributed by atoms with E-state index in [1.54, 1.807) is 0 Å². The highest BCUT2D eigenvalue weighted by Gasteiger charge is 2.24. The van der Waals surface area contributed by atoms with Gasteiger partial charge in [-0.05, 0) is 13.0 Å². The first-order chi connectivity index (χ1) is 9.31. The maximum Gasteiger partial charge on any atom is 0.201 e. The molecule has 0 aliphatic carbocycles. The summed E-state index contributed by atoms with van der Waals surface area (Å²) >= 11 is 5.28. The number of carboxylic acids is 1. The second kappa shape index (κ2) is 6.42. The summed E-state index contributed by atoms with van der Waals surface area (Å²) in [6.45, 7) is 1.54. The molecule has 0 amide bonds. The van der Waals surface area contributed by atoms with Crippen LogP contribution < -0.4 is 5.11 Å². The lowest BCUT2D eigenvalue weighted by Gasteiger charge is -2.10. The van der Waals surface area contributed by atoms with Gasteiger partial charge in [0, 0.05) is 0 Å². The molecular formula is C12H7ClF3O4-. The van der Waals surface area contributed by atoms with Crippen molar-refractivity contribution < 1.29 is 32.6 Å². The number of carbonyl (C=O) groups excluding carboxylic acids is 2. The maximum absolute atomic E-state index is 13.5. The van der Waals surface area contributed by atoms with Gasteiger partial charge in [-0.2, -0.15) is 0 Å². The summed E-state index contributed by atoms with van der Waals surface area (Å²) in [7, 11) is 0. The number of carbonyl (C=O) groups is 2. The first kappa shape index (κ1) is 16.0. The molecule has 8 heteroatoms. The molecule has 0 fully saturated rings. The smallest absolute Gasteiger partial charge is 0.201 e. The molecule has 1 aromatic rings. The van der Waals surface area contributed by atoms with Crippen molar-refractivity contribution in [3.63, 3.8) is 0 Å². The zero-order valence-electron chi connectivity index (χ0n) is 10.0. The highest BCUT2D eigenvalue weighted by molar-refractivity contribution is 6.32. The monoisotopic (exact) mass is 307 g/mol. The Hall–Kier alpha value is -2.02. The molecule has 0 bridgehead atoms. The van der Waals surface area contributed by atoms with Crippen LogP contribution in [0.1, 0.15) is 17.3 Å². The van der Waals surface area contributed by atoms with Crippen LogP contribution in [0.15, 0.2) is 17.9 Å². The van der Waals surface area contributed by atoms with Crippen LogP contribution in [0.25, 0.3) is 0 Å². The number of aliphatic carboxylic acids is 1. The first-order valence-corrected chi connectivity index (χ1v) is 5.59. The third-order valence-electron chi connectivity index (χ3n) is 2.18. The molecule has 0 aliphatic rings. The number of Topliss-reactive ketones (excluding diaryl/α,β-unsaturated/α-hetero) is 1. The highest BCUT2D eigenvalue weighted by atomic mass is 35.5. The van der Waals surface area contributed by atoms with Gasteiger partial charge in [0.25, 0.3) is 0 Å². The Morgan fingerprint density at radius 1 is 1.30 bits per heavy atom. The minimum absolute atomic E-state index is 0.0328. The standard InChI is InChI=1S/C12H8ClF3O4/c1-2-20-4-6(12(18)19)11(17)5-3-7(13)9(15)10(16)8(5)14/h3-4H,2H2,1H3,(H,18,19)/p-1/b6-4-. The van der Waals surface area contributed by atoms with Gasteiger partial charge in [0.05, 0.1) is 35.0 Å². The summed E-state index contributed by atoms with van der Waals surface area (Å²) in [6, 6.07) is 0.486. The zero-order chi connectivity index (χ0) is 15.4. The summed E-state index contributed by atoms with van der Waals surface area (Å²) in [5.41, 5.74) is -2.09. The average Bonchev–Trinajstić information content (AvgIpc) is 2.40. The van der Waals surface area contributed by atoms with Crippen LogP contribution in [0.4, 0.5) is 13.2 Å². The Bertz CT molecular complexity index is 599. The molecular weight excluding hydrogens is 301 g/mol. The molecule has 0 heterocycles. The number of rotatable bonds is 5. The lowest BCUT2D eigenvalue weighted by molar-refractivity contribution is -0.298. The van der Waals surface area contributed by atoms with Crippen molar-refractivity contribution in [2.45, 2.75) is 6.92 Å². The number of hydrogen-bond acceptors (Lipinski definition) is 4. The van der Waals surface area contributed by atoms with Crippen LogP contribution in [-0.2, 0) is 9.53 Å². The summed E-state index contributed by atoms with van der Waals surface area (Å²) < 4.78 is 44.2. The molecule has 0 saturated carbocycles. The van der Waals surface area contributed by atoms with Gasteiger partial charge >= 0.3 is 0 Å². The van der Waals surface area contributed by atoms with Gasteiger partial charge in [0.1, 0.15) is 0 Å². The fourth-order valence-corrected chi connectivity index (χ4v) is 1.44. The van der Waals surface area contributed by atoms with Gasteiger partial charge in [-0.15, -0.1) is 0 Å². The SMILES string of the molecule is CCO/C=C(\C(=O)[O-])C(=O)c1cc(Cl)c(F)c(F)c1F. The second-order valence-electron chi connectivity index (χ2n) is 3.45. The minimum atomic E-state index is -1.98. The predicted molar refractivity (Wildman–Crippen MR) is 60.4 cm³/mol. The number of benzene rings is 1. The molecule has 0 aromatic heterocycles. The van der Waals surface area contributed by atoms with Gasteiger partial charge < -0.3 is 14.6 Å². The van der Waals surface area contributed by atoms with Crippen molar-refractivity contribution >= 4 is 23.4 Å². The Morgan fingerprint density at radius 2 is 1.90 bits per heavy atom. The predicted octanol–water partition coefficient (Wildman–Crippen LogP) is 1.61. The van der Waals surface area contributed by atoms with E-state index >= 15 is 0 Å². The van der Waals surface area contributed by atoms with E-state index < -0.39 is 45.4 Å². The van der Waals surface area contributed by atoms with Crippen molar-refractivity contribution in [1.82, 2.24) is 0 Å². The van der Waals surface area contributed by atoms with Crippen LogP contribution in [0.5, 0.6) is 0 Å². The third-order valence-corrected chi connectivity index (χ3v) is 2.45. The van der Waals surface area contributed by atoms with Crippen LogP contribution in [0, 0.1) is 17.5 Å². The Balaban J connectivity index is 3.37.